The Bertz CT molecular complexity index is 722. The summed E-state index contributed by atoms with van der Waals surface area (Å²) in [5, 5.41) is 1.03. The van der Waals surface area contributed by atoms with Gasteiger partial charge >= 0.3 is 0 Å². The van der Waals surface area contributed by atoms with E-state index in [0.29, 0.717) is 5.88 Å². The molecular formula is C16H12FNO. The van der Waals surface area contributed by atoms with Crippen LogP contribution in [0.1, 0.15) is 0 Å². The van der Waals surface area contributed by atoms with Crippen molar-refractivity contribution in [1.82, 2.24) is 4.98 Å². The smallest absolute Gasteiger partial charge is 0.221 e. The Morgan fingerprint density at radius 2 is 1.74 bits per heavy atom. The number of fused-ring (bicyclic) bond motifs is 1. The first-order valence-corrected chi connectivity index (χ1v) is 5.97. The number of pyridine rings is 1. The summed E-state index contributed by atoms with van der Waals surface area (Å²) in [4.78, 5) is 4.48. The maximum absolute atomic E-state index is 13.0. The third-order valence-electron chi connectivity index (χ3n) is 3.04. The molecule has 19 heavy (non-hydrogen) atoms. The van der Waals surface area contributed by atoms with Crippen LogP contribution in [0.5, 0.6) is 5.88 Å². The van der Waals surface area contributed by atoms with Crippen LogP contribution in [0.2, 0.25) is 0 Å². The molecule has 0 fully saturated rings. The summed E-state index contributed by atoms with van der Waals surface area (Å²) in [5.41, 5.74) is 2.63. The molecule has 0 atom stereocenters. The number of hydrogen-bond donors (Lipinski definition) is 0. The van der Waals surface area contributed by atoms with Gasteiger partial charge in [0, 0.05) is 10.9 Å². The molecule has 0 amide bonds. The average Bonchev–Trinajstić information content (AvgIpc) is 2.46. The zero-order chi connectivity index (χ0) is 13.2. The third kappa shape index (κ3) is 2.15. The zero-order valence-electron chi connectivity index (χ0n) is 10.4. The number of nitrogens with zero attached hydrogens (tertiary/aromatic N) is 1. The Labute approximate surface area is 110 Å². The molecule has 1 aromatic heterocycles. The standard InChI is InChI=1S/C16H12FNO/c1-19-16-14(11-6-8-13(17)9-7-11)10-12-4-2-3-5-15(12)18-16/h2-10H,1H3. The largest absolute Gasteiger partial charge is 0.481 e. The lowest BCUT2D eigenvalue weighted by Crippen LogP contribution is -1.93. The van der Waals surface area contributed by atoms with Gasteiger partial charge in [0.25, 0.3) is 0 Å². The highest BCUT2D eigenvalue weighted by Crippen LogP contribution is 2.31. The molecule has 0 spiro atoms. The van der Waals surface area contributed by atoms with Crippen LogP contribution in [0, 0.1) is 5.82 Å². The molecule has 0 bridgehead atoms. The molecule has 0 aliphatic heterocycles. The lowest BCUT2D eigenvalue weighted by molar-refractivity contribution is 0.401. The second-order valence-electron chi connectivity index (χ2n) is 4.24. The molecule has 3 heteroatoms. The lowest BCUT2D eigenvalue weighted by atomic mass is 10.0. The highest BCUT2D eigenvalue weighted by atomic mass is 19.1. The van der Waals surface area contributed by atoms with E-state index in [1.54, 1.807) is 19.2 Å². The normalized spacial score (nSPS) is 10.6. The molecule has 0 aliphatic carbocycles. The minimum Gasteiger partial charge on any atom is -0.481 e. The second-order valence-corrected chi connectivity index (χ2v) is 4.24. The van der Waals surface area contributed by atoms with Crippen molar-refractivity contribution in [2.75, 3.05) is 7.11 Å². The molecule has 0 saturated heterocycles. The summed E-state index contributed by atoms with van der Waals surface area (Å²) >= 11 is 0. The minimum absolute atomic E-state index is 0.253. The Hall–Kier alpha value is -2.42. The number of ether oxygens (including phenoxy) is 1. The summed E-state index contributed by atoms with van der Waals surface area (Å²) in [6, 6.07) is 16.2. The van der Waals surface area contributed by atoms with E-state index in [1.165, 1.54) is 12.1 Å². The van der Waals surface area contributed by atoms with Crippen molar-refractivity contribution in [2.45, 2.75) is 0 Å². The van der Waals surface area contributed by atoms with Gasteiger partial charge in [-0.25, -0.2) is 9.37 Å². The summed E-state index contributed by atoms with van der Waals surface area (Å²) in [5.74, 6) is 0.293. The summed E-state index contributed by atoms with van der Waals surface area (Å²) in [7, 11) is 1.59. The monoisotopic (exact) mass is 253 g/mol. The number of rotatable bonds is 2. The SMILES string of the molecule is COc1nc2ccccc2cc1-c1ccc(F)cc1. The molecule has 0 unspecified atom stereocenters. The van der Waals surface area contributed by atoms with Gasteiger partial charge in [-0.15, -0.1) is 0 Å². The molecule has 1 heterocycles. The topological polar surface area (TPSA) is 22.1 Å². The first kappa shape index (κ1) is 11.7. The average molecular weight is 253 g/mol. The van der Waals surface area contributed by atoms with E-state index < -0.39 is 0 Å². The van der Waals surface area contributed by atoms with E-state index in [1.807, 2.05) is 30.3 Å². The van der Waals surface area contributed by atoms with Gasteiger partial charge < -0.3 is 4.74 Å². The Morgan fingerprint density at radius 3 is 2.47 bits per heavy atom. The van der Waals surface area contributed by atoms with Crippen molar-refractivity contribution >= 4 is 10.9 Å². The van der Waals surface area contributed by atoms with Crippen LogP contribution in [0.15, 0.2) is 54.6 Å². The van der Waals surface area contributed by atoms with Crippen LogP contribution < -0.4 is 4.74 Å². The molecule has 0 saturated carbocycles. The van der Waals surface area contributed by atoms with Gasteiger partial charge in [-0.3, -0.25) is 0 Å². The molecule has 2 nitrogen and oxygen atoms in total. The van der Waals surface area contributed by atoms with Crippen molar-refractivity contribution in [3.63, 3.8) is 0 Å². The minimum atomic E-state index is -0.253. The van der Waals surface area contributed by atoms with Gasteiger partial charge in [0.05, 0.1) is 12.6 Å². The number of benzene rings is 2. The van der Waals surface area contributed by atoms with Crippen molar-refractivity contribution in [1.29, 1.82) is 0 Å². The van der Waals surface area contributed by atoms with Crippen LogP contribution in [-0.4, -0.2) is 12.1 Å². The summed E-state index contributed by atoms with van der Waals surface area (Å²) < 4.78 is 18.3. The van der Waals surface area contributed by atoms with Crippen LogP contribution in [0.3, 0.4) is 0 Å². The predicted molar refractivity (Wildman–Crippen MR) is 73.7 cm³/mol. The third-order valence-corrected chi connectivity index (χ3v) is 3.04. The fourth-order valence-corrected chi connectivity index (χ4v) is 2.09. The molecule has 3 aromatic rings. The molecule has 0 N–H and O–H groups in total. The molecule has 0 radical (unpaired) electrons. The van der Waals surface area contributed by atoms with Gasteiger partial charge in [-0.1, -0.05) is 30.3 Å². The van der Waals surface area contributed by atoms with Gasteiger partial charge in [-0.05, 0) is 29.8 Å². The van der Waals surface area contributed by atoms with E-state index in [-0.39, 0.29) is 5.82 Å². The van der Waals surface area contributed by atoms with Crippen molar-refractivity contribution in [2.24, 2.45) is 0 Å². The quantitative estimate of drug-likeness (QED) is 0.687. The van der Waals surface area contributed by atoms with Crippen LogP contribution in [0.25, 0.3) is 22.0 Å². The maximum atomic E-state index is 13.0. The molecule has 94 valence electrons. The number of methoxy groups -OCH3 is 1. The number of hydrogen-bond acceptors (Lipinski definition) is 2. The molecule has 0 aliphatic rings. The van der Waals surface area contributed by atoms with Gasteiger partial charge in [0.1, 0.15) is 5.82 Å². The van der Waals surface area contributed by atoms with Crippen LogP contribution in [-0.2, 0) is 0 Å². The van der Waals surface area contributed by atoms with Crippen LogP contribution >= 0.6 is 0 Å². The summed E-state index contributed by atoms with van der Waals surface area (Å²) in [6.07, 6.45) is 0. The van der Waals surface area contributed by atoms with Gasteiger partial charge in [0.15, 0.2) is 0 Å². The molecule has 2 aromatic carbocycles. The van der Waals surface area contributed by atoms with E-state index in [0.717, 1.165) is 22.0 Å². The molecular weight excluding hydrogens is 241 g/mol. The van der Waals surface area contributed by atoms with Crippen LogP contribution in [0.4, 0.5) is 4.39 Å². The van der Waals surface area contributed by atoms with Crippen molar-refractivity contribution < 1.29 is 9.13 Å². The van der Waals surface area contributed by atoms with Crippen molar-refractivity contribution in [3.05, 3.63) is 60.4 Å². The Balaban J connectivity index is 2.23. The van der Waals surface area contributed by atoms with Gasteiger partial charge in [-0.2, -0.15) is 0 Å². The lowest BCUT2D eigenvalue weighted by Gasteiger charge is -2.09. The fourth-order valence-electron chi connectivity index (χ4n) is 2.09. The zero-order valence-corrected chi connectivity index (χ0v) is 10.4. The summed E-state index contributed by atoms with van der Waals surface area (Å²) in [6.45, 7) is 0. The first-order chi connectivity index (χ1) is 9.28. The molecule has 3 rings (SSSR count). The van der Waals surface area contributed by atoms with E-state index >= 15 is 0 Å². The highest BCUT2D eigenvalue weighted by Gasteiger charge is 2.09. The Morgan fingerprint density at radius 1 is 1.00 bits per heavy atom. The first-order valence-electron chi connectivity index (χ1n) is 5.97. The maximum Gasteiger partial charge on any atom is 0.221 e. The predicted octanol–water partition coefficient (Wildman–Crippen LogP) is 4.05. The van der Waals surface area contributed by atoms with E-state index in [4.69, 9.17) is 4.74 Å². The van der Waals surface area contributed by atoms with E-state index in [9.17, 15) is 4.39 Å². The highest BCUT2D eigenvalue weighted by molar-refractivity contribution is 5.86. The number of para-hydroxylation sites is 1. The Kier molecular flexibility index (Phi) is 2.88. The van der Waals surface area contributed by atoms with Gasteiger partial charge in [0.2, 0.25) is 5.88 Å². The second kappa shape index (κ2) is 4.69. The fraction of sp³-hybridized carbons (Fsp3) is 0.0625. The van der Waals surface area contributed by atoms with Crippen molar-refractivity contribution in [3.8, 4) is 17.0 Å². The van der Waals surface area contributed by atoms with E-state index in [2.05, 4.69) is 4.98 Å². The number of halogens is 1. The number of aromatic nitrogens is 1.